The topological polar surface area (TPSA) is 65.2 Å². The van der Waals surface area contributed by atoms with Crippen LogP contribution in [0.1, 0.15) is 34.1 Å². The highest BCUT2D eigenvalue weighted by molar-refractivity contribution is 6.04. The average Bonchev–Trinajstić information content (AvgIpc) is 3.27. The lowest BCUT2D eigenvalue weighted by Gasteiger charge is -2.32. The number of hydrogen-bond acceptors (Lipinski definition) is 2. The van der Waals surface area contributed by atoms with Crippen molar-refractivity contribution in [1.29, 1.82) is 0 Å². The van der Waals surface area contributed by atoms with E-state index in [1.807, 2.05) is 83.8 Å². The van der Waals surface area contributed by atoms with Crippen LogP contribution in [0.4, 0.5) is 5.69 Å². The Labute approximate surface area is 180 Å². The second kappa shape index (κ2) is 8.11. The molecule has 3 aromatic carbocycles. The fourth-order valence-corrected chi connectivity index (χ4v) is 4.26. The summed E-state index contributed by atoms with van der Waals surface area (Å²) in [6, 6.07) is 26.2. The van der Waals surface area contributed by atoms with Crippen molar-refractivity contribution in [2.75, 3.05) is 11.4 Å². The second-order valence-electron chi connectivity index (χ2n) is 7.81. The Bertz CT molecular complexity index is 1210. The SMILES string of the molecule is O=C(NC(C(=O)N1CCCc2ccccc21)c1ccccc1)c1cc2ccccc2[nH]1. The molecule has 31 heavy (non-hydrogen) atoms. The Hall–Kier alpha value is -3.86. The summed E-state index contributed by atoms with van der Waals surface area (Å²) in [4.78, 5) is 31.8. The van der Waals surface area contributed by atoms with E-state index in [4.69, 9.17) is 0 Å². The smallest absolute Gasteiger partial charge is 0.268 e. The molecule has 0 aliphatic carbocycles. The van der Waals surface area contributed by atoms with Gasteiger partial charge in [0.2, 0.25) is 0 Å². The lowest BCUT2D eigenvalue weighted by molar-refractivity contribution is -0.120. The first-order chi connectivity index (χ1) is 15.2. The highest BCUT2D eigenvalue weighted by atomic mass is 16.2. The summed E-state index contributed by atoms with van der Waals surface area (Å²) in [6.07, 6.45) is 1.86. The van der Waals surface area contributed by atoms with E-state index in [9.17, 15) is 9.59 Å². The molecule has 4 aromatic rings. The van der Waals surface area contributed by atoms with Gasteiger partial charge in [0.1, 0.15) is 11.7 Å². The Morgan fingerprint density at radius 2 is 1.65 bits per heavy atom. The number of aryl methyl sites for hydroxylation is 1. The van der Waals surface area contributed by atoms with Crippen LogP contribution in [0.25, 0.3) is 10.9 Å². The van der Waals surface area contributed by atoms with Crippen molar-refractivity contribution in [1.82, 2.24) is 10.3 Å². The third-order valence-electron chi connectivity index (χ3n) is 5.81. The standard InChI is InChI=1S/C26H23N3O2/c30-25(22-17-20-12-4-6-14-21(20)27-22)28-24(19-10-2-1-3-11-19)26(31)29-16-8-13-18-9-5-7-15-23(18)29/h1-7,9-12,14-15,17,24,27H,8,13,16H2,(H,28,30). The number of amides is 2. The number of H-pyrrole nitrogens is 1. The van der Waals surface area contributed by atoms with Crippen LogP contribution in [0.15, 0.2) is 84.9 Å². The van der Waals surface area contributed by atoms with Crippen LogP contribution in [-0.4, -0.2) is 23.3 Å². The molecule has 1 unspecified atom stereocenters. The van der Waals surface area contributed by atoms with Gasteiger partial charge in [0.25, 0.3) is 11.8 Å². The zero-order chi connectivity index (χ0) is 21.2. The molecular weight excluding hydrogens is 386 g/mol. The normalized spacial score (nSPS) is 14.1. The number of benzene rings is 3. The van der Waals surface area contributed by atoms with Crippen LogP contribution >= 0.6 is 0 Å². The maximum absolute atomic E-state index is 13.7. The third-order valence-corrected chi connectivity index (χ3v) is 5.81. The highest BCUT2D eigenvalue weighted by Gasteiger charge is 2.31. The molecule has 2 amide bonds. The maximum Gasteiger partial charge on any atom is 0.268 e. The van der Waals surface area contributed by atoms with E-state index in [1.54, 1.807) is 0 Å². The van der Waals surface area contributed by atoms with E-state index in [-0.39, 0.29) is 11.8 Å². The van der Waals surface area contributed by atoms with Crippen LogP contribution in [0, 0.1) is 0 Å². The summed E-state index contributed by atoms with van der Waals surface area (Å²) in [5.74, 6) is -0.425. The minimum Gasteiger partial charge on any atom is -0.351 e. The van der Waals surface area contributed by atoms with Crippen LogP contribution in [-0.2, 0) is 11.2 Å². The molecule has 1 aliphatic rings. The van der Waals surface area contributed by atoms with Gasteiger partial charge in [-0.25, -0.2) is 0 Å². The van der Waals surface area contributed by atoms with Crippen LogP contribution in [0.3, 0.4) is 0 Å². The summed E-state index contributed by atoms with van der Waals surface area (Å²) >= 11 is 0. The number of para-hydroxylation sites is 2. The van der Waals surface area contributed by atoms with Gasteiger partial charge in [-0.2, -0.15) is 0 Å². The van der Waals surface area contributed by atoms with E-state index in [0.717, 1.165) is 40.6 Å². The predicted molar refractivity (Wildman–Crippen MR) is 122 cm³/mol. The number of carbonyl (C=O) groups is 2. The van der Waals surface area contributed by atoms with Crippen molar-refractivity contribution in [3.05, 3.63) is 102 Å². The monoisotopic (exact) mass is 409 g/mol. The number of aromatic nitrogens is 1. The number of aromatic amines is 1. The first-order valence-electron chi connectivity index (χ1n) is 10.5. The Morgan fingerprint density at radius 1 is 0.903 bits per heavy atom. The molecule has 0 spiro atoms. The molecule has 0 fully saturated rings. The van der Waals surface area contributed by atoms with Gasteiger partial charge in [0.05, 0.1) is 0 Å². The van der Waals surface area contributed by atoms with Crippen molar-refractivity contribution in [3.8, 4) is 0 Å². The molecule has 5 nitrogen and oxygen atoms in total. The van der Waals surface area contributed by atoms with Gasteiger partial charge >= 0.3 is 0 Å². The molecule has 0 saturated heterocycles. The van der Waals surface area contributed by atoms with Gasteiger partial charge in [-0.05, 0) is 42.2 Å². The molecule has 154 valence electrons. The van der Waals surface area contributed by atoms with E-state index < -0.39 is 6.04 Å². The van der Waals surface area contributed by atoms with Crippen LogP contribution < -0.4 is 10.2 Å². The number of fused-ring (bicyclic) bond motifs is 2. The zero-order valence-corrected chi connectivity index (χ0v) is 17.0. The molecule has 5 heteroatoms. The Morgan fingerprint density at radius 3 is 2.48 bits per heavy atom. The van der Waals surface area contributed by atoms with Crippen molar-refractivity contribution < 1.29 is 9.59 Å². The lowest BCUT2D eigenvalue weighted by atomic mass is 9.99. The molecule has 0 bridgehead atoms. The molecule has 1 atom stereocenters. The quantitative estimate of drug-likeness (QED) is 0.517. The van der Waals surface area contributed by atoms with Crippen LogP contribution in [0.5, 0.6) is 0 Å². The summed E-state index contributed by atoms with van der Waals surface area (Å²) in [7, 11) is 0. The van der Waals surface area contributed by atoms with Gasteiger partial charge in [-0.3, -0.25) is 9.59 Å². The highest BCUT2D eigenvalue weighted by Crippen LogP contribution is 2.30. The fourth-order valence-electron chi connectivity index (χ4n) is 4.26. The molecule has 2 heterocycles. The van der Waals surface area contributed by atoms with E-state index in [1.165, 1.54) is 0 Å². The summed E-state index contributed by atoms with van der Waals surface area (Å²) in [5.41, 5.74) is 4.18. The lowest BCUT2D eigenvalue weighted by Crippen LogP contribution is -2.45. The maximum atomic E-state index is 13.7. The zero-order valence-electron chi connectivity index (χ0n) is 17.0. The molecule has 0 radical (unpaired) electrons. The van der Waals surface area contributed by atoms with Crippen molar-refractivity contribution in [2.24, 2.45) is 0 Å². The molecule has 1 aromatic heterocycles. The molecule has 1 aliphatic heterocycles. The molecule has 0 saturated carbocycles. The van der Waals surface area contributed by atoms with Gasteiger partial charge in [0.15, 0.2) is 0 Å². The van der Waals surface area contributed by atoms with E-state index in [2.05, 4.69) is 16.4 Å². The molecule has 5 rings (SSSR count). The largest absolute Gasteiger partial charge is 0.351 e. The number of hydrogen-bond donors (Lipinski definition) is 2. The summed E-state index contributed by atoms with van der Waals surface area (Å²) < 4.78 is 0. The average molecular weight is 409 g/mol. The number of carbonyl (C=O) groups excluding carboxylic acids is 2. The third kappa shape index (κ3) is 3.70. The van der Waals surface area contributed by atoms with Gasteiger partial charge in [-0.15, -0.1) is 0 Å². The predicted octanol–water partition coefficient (Wildman–Crippen LogP) is 4.62. The van der Waals surface area contributed by atoms with Gasteiger partial charge in [0, 0.05) is 23.1 Å². The Balaban J connectivity index is 1.48. The minimum absolute atomic E-state index is 0.122. The molecular formula is C26H23N3O2. The van der Waals surface area contributed by atoms with Crippen molar-refractivity contribution in [3.63, 3.8) is 0 Å². The van der Waals surface area contributed by atoms with Crippen molar-refractivity contribution >= 4 is 28.4 Å². The van der Waals surface area contributed by atoms with Gasteiger partial charge in [-0.1, -0.05) is 66.7 Å². The van der Waals surface area contributed by atoms with Gasteiger partial charge < -0.3 is 15.2 Å². The van der Waals surface area contributed by atoms with E-state index in [0.29, 0.717) is 12.2 Å². The number of rotatable bonds is 4. The second-order valence-corrected chi connectivity index (χ2v) is 7.81. The van der Waals surface area contributed by atoms with E-state index >= 15 is 0 Å². The molecule has 2 N–H and O–H groups in total. The number of nitrogens with one attached hydrogen (secondary N) is 2. The summed E-state index contributed by atoms with van der Waals surface area (Å²) in [5, 5.41) is 3.94. The minimum atomic E-state index is -0.772. The number of nitrogens with zero attached hydrogens (tertiary/aromatic N) is 1. The number of anilines is 1. The fraction of sp³-hybridized carbons (Fsp3) is 0.154. The van der Waals surface area contributed by atoms with Crippen LogP contribution in [0.2, 0.25) is 0 Å². The van der Waals surface area contributed by atoms with Crippen molar-refractivity contribution in [2.45, 2.75) is 18.9 Å². The first-order valence-corrected chi connectivity index (χ1v) is 10.5. The summed E-state index contributed by atoms with van der Waals surface area (Å²) in [6.45, 7) is 0.640. The first kappa shape index (κ1) is 19.1. The Kier molecular flexibility index (Phi) is 5.00.